The number of alkyl halides is 12. The molecule has 16 heteroatoms. The van der Waals surface area contributed by atoms with Crippen molar-refractivity contribution < 1.29 is 4.74 Å². The second kappa shape index (κ2) is 9.18. The summed E-state index contributed by atoms with van der Waals surface area (Å²) in [7, 11) is 1.49. The number of nitrogens with one attached hydrogen (secondary N) is 2. The summed E-state index contributed by atoms with van der Waals surface area (Å²) in [6, 6.07) is 6.39. The largest absolute Gasteiger partial charge is 0.497 e. The Labute approximate surface area is 232 Å². The van der Waals surface area contributed by atoms with Crippen LogP contribution in [0.5, 0.6) is 5.75 Å². The zero-order valence-corrected chi connectivity index (χ0v) is 23.3. The lowest BCUT2D eigenvalue weighted by molar-refractivity contribution is 0.179. The van der Waals surface area contributed by atoms with E-state index in [9.17, 15) is 0 Å². The Balaban J connectivity index is 2.90. The number of rotatable bonds is 2. The molecule has 0 saturated carbocycles. The first-order chi connectivity index (χ1) is 13.3. The third-order valence-electron chi connectivity index (χ3n) is 3.99. The van der Waals surface area contributed by atoms with Gasteiger partial charge in [-0.25, -0.2) is 4.99 Å². The van der Waals surface area contributed by atoms with Crippen LogP contribution in [0.25, 0.3) is 0 Å². The smallest absolute Gasteiger partial charge is 0.232 e. The van der Waals surface area contributed by atoms with Gasteiger partial charge in [-0.3, -0.25) is 5.32 Å². The van der Waals surface area contributed by atoms with Crippen molar-refractivity contribution in [1.29, 1.82) is 0 Å². The van der Waals surface area contributed by atoms with Crippen LogP contribution in [0.4, 0.5) is 0 Å². The van der Waals surface area contributed by atoms with Crippen molar-refractivity contribution in [2.45, 2.75) is 26.5 Å². The van der Waals surface area contributed by atoms with Gasteiger partial charge in [0.15, 0.2) is 5.66 Å². The Morgan fingerprint density at radius 3 is 1.50 bits per heavy atom. The maximum absolute atomic E-state index is 6.20. The van der Waals surface area contributed by atoms with Crippen LogP contribution >= 0.6 is 139 Å². The molecule has 2 N–H and O–H groups in total. The van der Waals surface area contributed by atoms with Crippen LogP contribution in [-0.2, 0) is 0 Å². The predicted octanol–water partition coefficient (Wildman–Crippen LogP) is 7.51. The van der Waals surface area contributed by atoms with Crippen LogP contribution in [0, 0.1) is 0 Å². The molecule has 0 bridgehead atoms. The van der Waals surface area contributed by atoms with Gasteiger partial charge in [-0.2, -0.15) is 0 Å². The Hall–Kier alpha value is 1.93. The Bertz CT molecular complexity index is 776. The lowest BCUT2D eigenvalue weighted by atomic mass is 10.0. The summed E-state index contributed by atoms with van der Waals surface area (Å²) in [4.78, 5) is 4.31. The average molecular weight is 661 g/mol. The van der Waals surface area contributed by atoms with E-state index in [4.69, 9.17) is 144 Å². The van der Waals surface area contributed by atoms with E-state index in [-0.39, 0.29) is 5.84 Å². The maximum Gasteiger partial charge on any atom is 0.232 e. The van der Waals surface area contributed by atoms with Crippen LogP contribution in [0.15, 0.2) is 29.3 Å². The molecule has 170 valence electrons. The molecule has 1 heterocycles. The molecule has 0 aliphatic carbocycles. The monoisotopic (exact) mass is 655 g/mol. The van der Waals surface area contributed by atoms with E-state index >= 15 is 0 Å². The van der Waals surface area contributed by atoms with Crippen LogP contribution in [0.2, 0.25) is 0 Å². The van der Waals surface area contributed by atoms with E-state index in [0.29, 0.717) is 11.3 Å². The van der Waals surface area contributed by atoms with Gasteiger partial charge in [-0.1, -0.05) is 139 Å². The molecule has 1 aliphatic rings. The maximum atomic E-state index is 6.20. The Morgan fingerprint density at radius 1 is 0.733 bits per heavy atom. The molecular formula is C14H9Cl12N3O. The number of methoxy groups -OCH3 is 1. The molecule has 1 aromatic rings. The van der Waals surface area contributed by atoms with Crippen molar-refractivity contribution in [2.24, 2.45) is 4.99 Å². The average Bonchev–Trinajstić information content (AvgIpc) is 2.57. The minimum atomic E-state index is -2.45. The molecular weight excluding hydrogens is 652 g/mol. The molecule has 0 amide bonds. The Morgan fingerprint density at radius 2 is 1.17 bits per heavy atom. The van der Waals surface area contributed by atoms with Crippen LogP contribution in [0.3, 0.4) is 0 Å². The number of amidine groups is 1. The van der Waals surface area contributed by atoms with Crippen molar-refractivity contribution in [1.82, 2.24) is 10.6 Å². The molecule has 0 unspecified atom stereocenters. The molecule has 0 saturated heterocycles. The number of nitrogens with zero attached hydrogens (tertiary/aromatic N) is 1. The summed E-state index contributed by atoms with van der Waals surface area (Å²) >= 11 is 74.3. The fraction of sp³-hybridized carbons (Fsp3) is 0.500. The number of benzene rings is 1. The van der Waals surface area contributed by atoms with Gasteiger partial charge >= 0.3 is 0 Å². The first-order valence-corrected chi connectivity index (χ1v) is 11.9. The molecule has 0 atom stereocenters. The van der Waals surface area contributed by atoms with Crippen molar-refractivity contribution in [3.05, 3.63) is 29.8 Å². The highest BCUT2D eigenvalue weighted by Gasteiger charge is 2.73. The van der Waals surface area contributed by atoms with E-state index < -0.39 is 26.5 Å². The zero-order valence-electron chi connectivity index (χ0n) is 14.2. The van der Waals surface area contributed by atoms with E-state index in [1.807, 2.05) is 0 Å². The Kier molecular flexibility index (Phi) is 8.62. The first-order valence-electron chi connectivity index (χ1n) is 7.40. The molecule has 30 heavy (non-hydrogen) atoms. The second-order valence-electron chi connectivity index (χ2n) is 5.89. The fourth-order valence-electron chi connectivity index (χ4n) is 2.46. The van der Waals surface area contributed by atoms with Crippen LogP contribution in [0.1, 0.15) is 5.56 Å². The van der Waals surface area contributed by atoms with E-state index in [2.05, 4.69) is 15.6 Å². The highest BCUT2D eigenvalue weighted by molar-refractivity contribution is 6.75. The SMILES string of the molecule is COc1ccc(C2=NC(C(Cl)(Cl)Cl)(C(Cl)(Cl)Cl)NC(C(Cl)(Cl)Cl)(C(Cl)(Cl)Cl)N2)cc1. The lowest BCUT2D eigenvalue weighted by Crippen LogP contribution is -2.84. The molecule has 0 aromatic heterocycles. The standard InChI is InChI=1S/C14H9Cl12N3O/c1-30-7-4-2-6(3-5-7)8-27-9(11(15,16)17,12(18,19)20)29-10(28-8,13(21,22)23)14(24,25)26/h2-5,29H,1H3,(H,27,28). The number of ether oxygens (including phenoxy) is 1. The predicted molar refractivity (Wildman–Crippen MR) is 132 cm³/mol. The summed E-state index contributed by atoms with van der Waals surface area (Å²) in [5, 5.41) is 5.31. The normalized spacial score (nSPS) is 19.7. The van der Waals surface area contributed by atoms with Gasteiger partial charge in [-0.05, 0) is 24.3 Å². The zero-order chi connectivity index (χ0) is 23.4. The van der Waals surface area contributed by atoms with Crippen LogP contribution in [-0.4, -0.2) is 39.4 Å². The minimum absolute atomic E-state index is 0.0771. The molecule has 0 fully saturated rings. The van der Waals surface area contributed by atoms with Gasteiger partial charge in [0.25, 0.3) is 0 Å². The third-order valence-corrected chi connectivity index (χ3v) is 7.33. The second-order valence-corrected chi connectivity index (χ2v) is 15.0. The van der Waals surface area contributed by atoms with Crippen molar-refractivity contribution in [3.8, 4) is 5.75 Å². The summed E-state index contributed by atoms with van der Waals surface area (Å²) in [5.74, 6) is 0.461. The number of aliphatic imine (C=N–C) groups is 1. The van der Waals surface area contributed by atoms with Crippen LogP contribution < -0.4 is 15.4 Å². The number of hydrogen-bond donors (Lipinski definition) is 2. The number of halogens is 12. The highest BCUT2D eigenvalue weighted by Crippen LogP contribution is 2.59. The third kappa shape index (κ3) is 5.12. The van der Waals surface area contributed by atoms with Crippen molar-refractivity contribution >= 4 is 145 Å². The van der Waals surface area contributed by atoms with Gasteiger partial charge in [0, 0.05) is 5.56 Å². The fourth-order valence-corrected chi connectivity index (χ4v) is 6.14. The van der Waals surface area contributed by atoms with E-state index in [1.54, 1.807) is 24.3 Å². The number of hydrogen-bond acceptors (Lipinski definition) is 4. The lowest BCUT2D eigenvalue weighted by Gasteiger charge is -2.56. The molecule has 0 radical (unpaired) electrons. The molecule has 1 aliphatic heterocycles. The summed E-state index contributed by atoms with van der Waals surface area (Å²) in [5.41, 5.74) is -4.33. The molecule has 0 spiro atoms. The highest BCUT2D eigenvalue weighted by atomic mass is 35.6. The molecule has 2 rings (SSSR count). The summed E-state index contributed by atoms with van der Waals surface area (Å²) in [6.45, 7) is 0. The van der Waals surface area contributed by atoms with Gasteiger partial charge in [0.05, 0.1) is 7.11 Å². The molecule has 4 nitrogen and oxygen atoms in total. The van der Waals surface area contributed by atoms with E-state index in [0.717, 1.165) is 0 Å². The topological polar surface area (TPSA) is 45.6 Å². The van der Waals surface area contributed by atoms with Gasteiger partial charge < -0.3 is 10.1 Å². The van der Waals surface area contributed by atoms with E-state index in [1.165, 1.54) is 7.11 Å². The molecule has 1 aromatic carbocycles. The minimum Gasteiger partial charge on any atom is -0.497 e. The van der Waals surface area contributed by atoms with Gasteiger partial charge in [0.2, 0.25) is 20.8 Å². The van der Waals surface area contributed by atoms with Crippen molar-refractivity contribution in [2.75, 3.05) is 7.11 Å². The van der Waals surface area contributed by atoms with Gasteiger partial charge in [0.1, 0.15) is 11.6 Å². The van der Waals surface area contributed by atoms with Crippen molar-refractivity contribution in [3.63, 3.8) is 0 Å². The summed E-state index contributed by atoms with van der Waals surface area (Å²) < 4.78 is -4.60. The van der Waals surface area contributed by atoms with Gasteiger partial charge in [-0.15, -0.1) is 0 Å². The quantitative estimate of drug-likeness (QED) is 0.323. The summed E-state index contributed by atoms with van der Waals surface area (Å²) in [6.07, 6.45) is 0. The first kappa shape index (κ1) is 28.2.